The lowest BCUT2D eigenvalue weighted by Crippen LogP contribution is -2.12. The Hall–Kier alpha value is -1.46. The third-order valence-corrected chi connectivity index (χ3v) is 2.43. The Bertz CT molecular complexity index is 468. The van der Waals surface area contributed by atoms with Crippen molar-refractivity contribution in [1.29, 1.82) is 0 Å². The molecule has 0 amide bonds. The molecule has 0 aliphatic heterocycles. The second kappa shape index (κ2) is 4.59. The summed E-state index contributed by atoms with van der Waals surface area (Å²) in [6, 6.07) is 3.51. The minimum Gasteiger partial charge on any atom is -0.337 e. The van der Waals surface area contributed by atoms with E-state index in [-0.39, 0.29) is 6.04 Å². The first-order chi connectivity index (χ1) is 7.70. The number of pyridine rings is 1. The van der Waals surface area contributed by atoms with Crippen molar-refractivity contribution in [3.05, 3.63) is 29.2 Å². The SMILES string of the molecule is CNC(C)c1nc(-c2ccc(Cl)cn2)no1. The molecule has 0 bridgehead atoms. The molecular weight excluding hydrogens is 228 g/mol. The highest BCUT2D eigenvalue weighted by Crippen LogP contribution is 2.17. The first-order valence-corrected chi connectivity index (χ1v) is 5.21. The van der Waals surface area contributed by atoms with Crippen LogP contribution in [-0.2, 0) is 0 Å². The minimum atomic E-state index is 0.0218. The van der Waals surface area contributed by atoms with E-state index in [1.165, 1.54) is 0 Å². The zero-order valence-corrected chi connectivity index (χ0v) is 9.69. The predicted molar refractivity (Wildman–Crippen MR) is 60.0 cm³/mol. The van der Waals surface area contributed by atoms with E-state index in [0.29, 0.717) is 22.4 Å². The van der Waals surface area contributed by atoms with Gasteiger partial charge in [0.05, 0.1) is 11.1 Å². The number of rotatable bonds is 3. The van der Waals surface area contributed by atoms with Gasteiger partial charge in [0.15, 0.2) is 0 Å². The number of nitrogens with zero attached hydrogens (tertiary/aromatic N) is 3. The van der Waals surface area contributed by atoms with Crippen LogP contribution in [0.2, 0.25) is 5.02 Å². The maximum atomic E-state index is 5.74. The van der Waals surface area contributed by atoms with Crippen LogP contribution in [0.25, 0.3) is 11.5 Å². The van der Waals surface area contributed by atoms with E-state index < -0.39 is 0 Å². The van der Waals surface area contributed by atoms with Gasteiger partial charge in [-0.25, -0.2) is 0 Å². The molecule has 2 aromatic heterocycles. The van der Waals surface area contributed by atoms with Gasteiger partial charge < -0.3 is 9.84 Å². The van der Waals surface area contributed by atoms with Gasteiger partial charge >= 0.3 is 0 Å². The van der Waals surface area contributed by atoms with Crippen LogP contribution in [0, 0.1) is 0 Å². The largest absolute Gasteiger partial charge is 0.337 e. The first kappa shape index (κ1) is 11.0. The normalized spacial score (nSPS) is 12.7. The maximum absolute atomic E-state index is 5.74. The molecule has 84 valence electrons. The van der Waals surface area contributed by atoms with Crippen LogP contribution in [0.3, 0.4) is 0 Å². The summed E-state index contributed by atoms with van der Waals surface area (Å²) in [6.07, 6.45) is 1.55. The highest BCUT2D eigenvalue weighted by molar-refractivity contribution is 6.30. The zero-order chi connectivity index (χ0) is 11.5. The van der Waals surface area contributed by atoms with Gasteiger partial charge in [0.1, 0.15) is 5.69 Å². The quantitative estimate of drug-likeness (QED) is 0.887. The highest BCUT2D eigenvalue weighted by atomic mass is 35.5. The van der Waals surface area contributed by atoms with Crippen LogP contribution in [0.5, 0.6) is 0 Å². The maximum Gasteiger partial charge on any atom is 0.243 e. The lowest BCUT2D eigenvalue weighted by Gasteiger charge is -2.01. The van der Waals surface area contributed by atoms with E-state index in [1.54, 1.807) is 18.3 Å². The van der Waals surface area contributed by atoms with Crippen molar-refractivity contribution < 1.29 is 4.52 Å². The van der Waals surface area contributed by atoms with Crippen molar-refractivity contribution in [1.82, 2.24) is 20.4 Å². The molecule has 0 spiro atoms. The van der Waals surface area contributed by atoms with Gasteiger partial charge in [0, 0.05) is 6.20 Å². The van der Waals surface area contributed by atoms with Gasteiger partial charge in [-0.3, -0.25) is 4.98 Å². The number of hydrogen-bond donors (Lipinski definition) is 1. The van der Waals surface area contributed by atoms with E-state index >= 15 is 0 Å². The zero-order valence-electron chi connectivity index (χ0n) is 8.94. The molecule has 1 N–H and O–H groups in total. The van der Waals surface area contributed by atoms with Crippen LogP contribution in [0.4, 0.5) is 0 Å². The van der Waals surface area contributed by atoms with E-state index in [0.717, 1.165) is 0 Å². The Morgan fingerprint density at radius 1 is 1.44 bits per heavy atom. The molecule has 5 nitrogen and oxygen atoms in total. The molecule has 1 unspecified atom stereocenters. The smallest absolute Gasteiger partial charge is 0.243 e. The summed E-state index contributed by atoms with van der Waals surface area (Å²) in [5.41, 5.74) is 0.641. The number of aromatic nitrogens is 3. The number of halogens is 1. The summed E-state index contributed by atoms with van der Waals surface area (Å²) in [6.45, 7) is 1.94. The average Bonchev–Trinajstić information content (AvgIpc) is 2.78. The Labute approximate surface area is 97.8 Å². The fourth-order valence-electron chi connectivity index (χ4n) is 1.15. The third kappa shape index (κ3) is 2.20. The highest BCUT2D eigenvalue weighted by Gasteiger charge is 2.13. The minimum absolute atomic E-state index is 0.0218. The van der Waals surface area contributed by atoms with Crippen LogP contribution < -0.4 is 5.32 Å². The van der Waals surface area contributed by atoms with Crippen LogP contribution in [0.1, 0.15) is 18.9 Å². The Morgan fingerprint density at radius 3 is 2.88 bits per heavy atom. The number of nitrogens with one attached hydrogen (secondary N) is 1. The van der Waals surface area contributed by atoms with Crippen molar-refractivity contribution in [2.24, 2.45) is 0 Å². The van der Waals surface area contributed by atoms with Gasteiger partial charge in [-0.05, 0) is 26.1 Å². The second-order valence-corrected chi connectivity index (χ2v) is 3.76. The van der Waals surface area contributed by atoms with E-state index in [2.05, 4.69) is 20.4 Å². The van der Waals surface area contributed by atoms with Crippen LogP contribution in [-0.4, -0.2) is 22.2 Å². The summed E-state index contributed by atoms with van der Waals surface area (Å²) >= 11 is 5.74. The molecular formula is C10H11ClN4O. The monoisotopic (exact) mass is 238 g/mol. The predicted octanol–water partition coefficient (Wildman–Crippen LogP) is 2.07. The van der Waals surface area contributed by atoms with Crippen molar-refractivity contribution in [2.75, 3.05) is 7.05 Å². The molecule has 0 fully saturated rings. The lowest BCUT2D eigenvalue weighted by molar-refractivity contribution is 0.347. The van der Waals surface area contributed by atoms with Gasteiger partial charge in [-0.2, -0.15) is 4.98 Å². The van der Waals surface area contributed by atoms with E-state index in [4.69, 9.17) is 16.1 Å². The molecule has 0 aromatic carbocycles. The van der Waals surface area contributed by atoms with Crippen molar-refractivity contribution >= 4 is 11.6 Å². The Kier molecular flexibility index (Phi) is 3.17. The van der Waals surface area contributed by atoms with Gasteiger partial charge in [0.2, 0.25) is 11.7 Å². The Balaban J connectivity index is 2.28. The molecule has 16 heavy (non-hydrogen) atoms. The van der Waals surface area contributed by atoms with Crippen LogP contribution in [0.15, 0.2) is 22.9 Å². The average molecular weight is 239 g/mol. The Morgan fingerprint density at radius 2 is 2.25 bits per heavy atom. The summed E-state index contributed by atoms with van der Waals surface area (Å²) in [7, 11) is 1.83. The number of hydrogen-bond acceptors (Lipinski definition) is 5. The fourth-order valence-corrected chi connectivity index (χ4v) is 1.26. The molecule has 2 heterocycles. The van der Waals surface area contributed by atoms with Crippen LogP contribution >= 0.6 is 11.6 Å². The molecule has 0 saturated heterocycles. The summed E-state index contributed by atoms with van der Waals surface area (Å²) in [4.78, 5) is 8.34. The first-order valence-electron chi connectivity index (χ1n) is 4.83. The molecule has 2 aromatic rings. The summed E-state index contributed by atoms with van der Waals surface area (Å²) in [5, 5.41) is 7.45. The fraction of sp³-hybridized carbons (Fsp3) is 0.300. The third-order valence-electron chi connectivity index (χ3n) is 2.20. The summed E-state index contributed by atoms with van der Waals surface area (Å²) < 4.78 is 5.11. The van der Waals surface area contributed by atoms with E-state index in [1.807, 2.05) is 14.0 Å². The molecule has 0 saturated carbocycles. The molecule has 0 aliphatic rings. The second-order valence-electron chi connectivity index (χ2n) is 3.33. The standard InChI is InChI=1S/C10H11ClN4O/c1-6(12-2)10-14-9(15-16-10)8-4-3-7(11)5-13-8/h3-6,12H,1-2H3. The van der Waals surface area contributed by atoms with Crippen molar-refractivity contribution in [3.63, 3.8) is 0 Å². The van der Waals surface area contributed by atoms with Gasteiger partial charge in [0.25, 0.3) is 0 Å². The van der Waals surface area contributed by atoms with Crippen molar-refractivity contribution in [2.45, 2.75) is 13.0 Å². The summed E-state index contributed by atoms with van der Waals surface area (Å²) in [5.74, 6) is 1.00. The molecule has 0 aliphatic carbocycles. The molecule has 2 rings (SSSR count). The lowest BCUT2D eigenvalue weighted by atomic mass is 10.3. The van der Waals surface area contributed by atoms with Gasteiger partial charge in [-0.15, -0.1) is 0 Å². The van der Waals surface area contributed by atoms with Crippen molar-refractivity contribution in [3.8, 4) is 11.5 Å². The van der Waals surface area contributed by atoms with Gasteiger partial charge in [-0.1, -0.05) is 16.8 Å². The molecule has 1 atom stereocenters. The molecule has 0 radical (unpaired) electrons. The molecule has 6 heteroatoms. The topological polar surface area (TPSA) is 63.8 Å². The van der Waals surface area contributed by atoms with E-state index in [9.17, 15) is 0 Å².